The fourth-order valence-corrected chi connectivity index (χ4v) is 1.33. The van der Waals surface area contributed by atoms with Gasteiger partial charge in [-0.05, 0) is 26.0 Å². The van der Waals surface area contributed by atoms with Crippen molar-refractivity contribution in [2.45, 2.75) is 20.4 Å². The van der Waals surface area contributed by atoms with Crippen LogP contribution in [0.3, 0.4) is 0 Å². The Balaban J connectivity index is 2.04. The van der Waals surface area contributed by atoms with E-state index in [1.54, 1.807) is 6.92 Å². The quantitative estimate of drug-likeness (QED) is 0.808. The van der Waals surface area contributed by atoms with Crippen LogP contribution in [0.4, 0.5) is 11.9 Å². The highest BCUT2D eigenvalue weighted by Gasteiger charge is 2.02. The summed E-state index contributed by atoms with van der Waals surface area (Å²) >= 11 is 0. The van der Waals surface area contributed by atoms with Crippen LogP contribution in [-0.2, 0) is 6.54 Å². The van der Waals surface area contributed by atoms with E-state index in [0.717, 1.165) is 11.5 Å². The maximum absolute atomic E-state index is 5.51. The number of nitrogens with zero attached hydrogens (tertiary/aromatic N) is 3. The molecule has 6 heteroatoms. The molecule has 16 heavy (non-hydrogen) atoms. The van der Waals surface area contributed by atoms with Crippen LogP contribution in [0.2, 0.25) is 0 Å². The zero-order chi connectivity index (χ0) is 11.5. The molecule has 2 rings (SSSR count). The second-order valence-electron chi connectivity index (χ2n) is 3.43. The van der Waals surface area contributed by atoms with Crippen molar-refractivity contribution in [1.82, 2.24) is 15.0 Å². The molecule has 2 aromatic rings. The van der Waals surface area contributed by atoms with E-state index in [2.05, 4.69) is 20.3 Å². The maximum atomic E-state index is 5.51. The fourth-order valence-electron chi connectivity index (χ4n) is 1.33. The van der Waals surface area contributed by atoms with Gasteiger partial charge >= 0.3 is 0 Å². The number of rotatable bonds is 3. The first-order valence-electron chi connectivity index (χ1n) is 4.91. The second kappa shape index (κ2) is 4.18. The first kappa shape index (κ1) is 10.4. The molecule has 6 nitrogen and oxygen atoms in total. The summed E-state index contributed by atoms with van der Waals surface area (Å²) in [5, 5.41) is 3.02. The first-order valence-corrected chi connectivity index (χ1v) is 4.91. The Morgan fingerprint density at radius 2 is 2.06 bits per heavy atom. The number of hydrogen-bond donors (Lipinski definition) is 2. The minimum atomic E-state index is 0.214. The van der Waals surface area contributed by atoms with Crippen LogP contribution >= 0.6 is 0 Å². The average Bonchev–Trinajstić information content (AvgIpc) is 2.60. The summed E-state index contributed by atoms with van der Waals surface area (Å²) in [4.78, 5) is 11.9. The molecule has 0 atom stereocenters. The number of anilines is 2. The number of aromatic nitrogens is 3. The Morgan fingerprint density at radius 1 is 1.25 bits per heavy atom. The topological polar surface area (TPSA) is 89.9 Å². The highest BCUT2D eigenvalue weighted by Crippen LogP contribution is 2.08. The standard InChI is InChI=1S/C10H13N5O/c1-6-3-4-8(16-6)5-12-10-14-7(2)13-9(11)15-10/h3-4H,5H2,1-2H3,(H3,11,12,13,14,15). The first-order chi connectivity index (χ1) is 7.63. The molecule has 0 unspecified atom stereocenters. The smallest absolute Gasteiger partial charge is 0.228 e. The third kappa shape index (κ3) is 2.47. The monoisotopic (exact) mass is 219 g/mol. The van der Waals surface area contributed by atoms with E-state index in [4.69, 9.17) is 10.2 Å². The van der Waals surface area contributed by atoms with Gasteiger partial charge < -0.3 is 15.5 Å². The Kier molecular flexibility index (Phi) is 2.72. The van der Waals surface area contributed by atoms with E-state index in [0.29, 0.717) is 18.3 Å². The summed E-state index contributed by atoms with van der Waals surface area (Å²) in [5.41, 5.74) is 5.51. The normalized spacial score (nSPS) is 10.4. The largest absolute Gasteiger partial charge is 0.465 e. The van der Waals surface area contributed by atoms with Gasteiger partial charge in [-0.3, -0.25) is 0 Å². The maximum Gasteiger partial charge on any atom is 0.228 e. The SMILES string of the molecule is Cc1nc(N)nc(NCc2ccc(C)o2)n1. The van der Waals surface area contributed by atoms with Crippen LogP contribution in [0.15, 0.2) is 16.5 Å². The molecule has 0 saturated carbocycles. The summed E-state index contributed by atoms with van der Waals surface area (Å²) in [5.74, 6) is 2.97. The highest BCUT2D eigenvalue weighted by atomic mass is 16.3. The number of hydrogen-bond acceptors (Lipinski definition) is 6. The van der Waals surface area contributed by atoms with Gasteiger partial charge in [-0.1, -0.05) is 0 Å². The number of furan rings is 1. The van der Waals surface area contributed by atoms with Gasteiger partial charge in [-0.15, -0.1) is 0 Å². The van der Waals surface area contributed by atoms with Crippen molar-refractivity contribution >= 4 is 11.9 Å². The molecule has 0 aliphatic heterocycles. The van der Waals surface area contributed by atoms with Crippen molar-refractivity contribution in [1.29, 1.82) is 0 Å². The molecule has 0 radical (unpaired) electrons. The molecule has 0 aliphatic carbocycles. The third-order valence-electron chi connectivity index (χ3n) is 1.98. The molecule has 2 heterocycles. The lowest BCUT2D eigenvalue weighted by Crippen LogP contribution is -2.07. The molecule has 0 spiro atoms. The molecule has 84 valence electrons. The fraction of sp³-hybridized carbons (Fsp3) is 0.300. The van der Waals surface area contributed by atoms with Gasteiger partial charge in [0.25, 0.3) is 0 Å². The molecule has 0 aliphatic rings. The summed E-state index contributed by atoms with van der Waals surface area (Å²) in [6.45, 7) is 4.19. The molecule has 0 aromatic carbocycles. The van der Waals surface area contributed by atoms with Crippen LogP contribution in [0.5, 0.6) is 0 Å². The van der Waals surface area contributed by atoms with Crippen LogP contribution in [0, 0.1) is 13.8 Å². The molecule has 0 amide bonds. The van der Waals surface area contributed by atoms with Crippen molar-refractivity contribution in [3.05, 3.63) is 29.5 Å². The zero-order valence-electron chi connectivity index (χ0n) is 9.19. The Labute approximate surface area is 92.9 Å². The van der Waals surface area contributed by atoms with Crippen LogP contribution in [0.1, 0.15) is 17.3 Å². The number of nitrogens with one attached hydrogen (secondary N) is 1. The van der Waals surface area contributed by atoms with Gasteiger partial charge in [0.05, 0.1) is 6.54 Å². The summed E-state index contributed by atoms with van der Waals surface area (Å²) < 4.78 is 5.40. The van der Waals surface area contributed by atoms with Crippen molar-refractivity contribution in [3.63, 3.8) is 0 Å². The van der Waals surface area contributed by atoms with Crippen molar-refractivity contribution in [3.8, 4) is 0 Å². The van der Waals surface area contributed by atoms with E-state index in [9.17, 15) is 0 Å². The van der Waals surface area contributed by atoms with E-state index < -0.39 is 0 Å². The lowest BCUT2D eigenvalue weighted by Gasteiger charge is -2.03. The molecule has 0 fully saturated rings. The number of nitrogens with two attached hydrogens (primary N) is 1. The summed E-state index contributed by atoms with van der Waals surface area (Å²) in [7, 11) is 0. The van der Waals surface area contributed by atoms with E-state index >= 15 is 0 Å². The summed E-state index contributed by atoms with van der Waals surface area (Å²) in [6.07, 6.45) is 0. The van der Waals surface area contributed by atoms with Gasteiger partial charge in [-0.25, -0.2) is 0 Å². The Morgan fingerprint density at radius 3 is 2.69 bits per heavy atom. The van der Waals surface area contributed by atoms with Crippen LogP contribution < -0.4 is 11.1 Å². The third-order valence-corrected chi connectivity index (χ3v) is 1.98. The lowest BCUT2D eigenvalue weighted by atomic mass is 10.4. The van der Waals surface area contributed by atoms with Crippen molar-refractivity contribution in [2.75, 3.05) is 11.1 Å². The van der Waals surface area contributed by atoms with Crippen LogP contribution in [0.25, 0.3) is 0 Å². The number of aryl methyl sites for hydroxylation is 2. The zero-order valence-corrected chi connectivity index (χ0v) is 9.19. The van der Waals surface area contributed by atoms with Gasteiger partial charge in [0.15, 0.2) is 0 Å². The highest BCUT2D eigenvalue weighted by molar-refractivity contribution is 5.31. The Hall–Kier alpha value is -2.11. The summed E-state index contributed by atoms with van der Waals surface area (Å²) in [6, 6.07) is 3.81. The van der Waals surface area contributed by atoms with Crippen molar-refractivity contribution < 1.29 is 4.42 Å². The van der Waals surface area contributed by atoms with E-state index in [-0.39, 0.29) is 5.95 Å². The molecular weight excluding hydrogens is 206 g/mol. The van der Waals surface area contributed by atoms with E-state index in [1.807, 2.05) is 19.1 Å². The second-order valence-corrected chi connectivity index (χ2v) is 3.43. The molecule has 0 bridgehead atoms. The van der Waals surface area contributed by atoms with Crippen molar-refractivity contribution in [2.24, 2.45) is 0 Å². The van der Waals surface area contributed by atoms with Crippen LogP contribution in [-0.4, -0.2) is 15.0 Å². The predicted molar refractivity (Wildman–Crippen MR) is 59.7 cm³/mol. The van der Waals surface area contributed by atoms with E-state index in [1.165, 1.54) is 0 Å². The molecular formula is C10H13N5O. The minimum Gasteiger partial charge on any atom is -0.465 e. The molecule has 3 N–H and O–H groups in total. The van der Waals surface area contributed by atoms with Gasteiger partial charge in [0, 0.05) is 0 Å². The Bertz CT molecular complexity index is 473. The predicted octanol–water partition coefficient (Wildman–Crippen LogP) is 1.28. The lowest BCUT2D eigenvalue weighted by molar-refractivity contribution is 0.490. The minimum absolute atomic E-state index is 0.214. The molecule has 2 aromatic heterocycles. The average molecular weight is 219 g/mol. The van der Waals surface area contributed by atoms with Gasteiger partial charge in [0.2, 0.25) is 11.9 Å². The molecule has 0 saturated heterocycles. The van der Waals surface area contributed by atoms with Gasteiger partial charge in [0.1, 0.15) is 17.3 Å². The van der Waals surface area contributed by atoms with Gasteiger partial charge in [-0.2, -0.15) is 15.0 Å². The number of nitrogen functional groups attached to an aromatic ring is 1.